The number of phenols is 1. The van der Waals surface area contributed by atoms with Gasteiger partial charge in [0.15, 0.2) is 0 Å². The number of sulfonamides is 1. The van der Waals surface area contributed by atoms with Gasteiger partial charge in [0.25, 0.3) is 10.0 Å². The van der Waals surface area contributed by atoms with Gasteiger partial charge < -0.3 is 9.84 Å². The number of rotatable bonds is 8. The standard InChI is InChI=1S/C24H24N2O5S/c1-17(2)16-31-24(28)21-15-19(10-13-22(21)27)7-6-18-8-11-20(12-9-18)32(29,30)26-23-5-3-4-14-25-23/h3-15,17,27H,16H2,1-2H3,(H,25,26)/b7-6+. The van der Waals surface area contributed by atoms with E-state index in [4.69, 9.17) is 4.74 Å². The number of phenolic OH excluding ortho intramolecular Hbond substituents is 1. The molecule has 0 aliphatic heterocycles. The number of esters is 1. The fourth-order valence-corrected chi connectivity index (χ4v) is 3.72. The number of aromatic nitrogens is 1. The van der Waals surface area contributed by atoms with Gasteiger partial charge in [-0.1, -0.05) is 50.3 Å². The van der Waals surface area contributed by atoms with Crippen LogP contribution in [-0.2, 0) is 14.8 Å². The molecule has 0 saturated carbocycles. The molecule has 0 aliphatic rings. The van der Waals surface area contributed by atoms with Crippen LogP contribution in [0.15, 0.2) is 71.8 Å². The van der Waals surface area contributed by atoms with Crippen LogP contribution in [0.3, 0.4) is 0 Å². The van der Waals surface area contributed by atoms with Gasteiger partial charge in [-0.3, -0.25) is 4.72 Å². The van der Waals surface area contributed by atoms with Crippen molar-refractivity contribution in [2.75, 3.05) is 11.3 Å². The van der Waals surface area contributed by atoms with E-state index in [1.807, 2.05) is 13.8 Å². The molecule has 1 aromatic heterocycles. The van der Waals surface area contributed by atoms with Gasteiger partial charge in [-0.05, 0) is 53.4 Å². The summed E-state index contributed by atoms with van der Waals surface area (Å²) in [5.74, 6) is -0.297. The van der Waals surface area contributed by atoms with Crippen LogP contribution in [0.5, 0.6) is 5.75 Å². The largest absolute Gasteiger partial charge is 0.507 e. The third-order valence-corrected chi connectivity index (χ3v) is 5.72. The Morgan fingerprint density at radius 2 is 1.75 bits per heavy atom. The molecule has 32 heavy (non-hydrogen) atoms. The second kappa shape index (κ2) is 10.1. The Bertz CT molecular complexity index is 1200. The maximum atomic E-state index is 12.5. The topological polar surface area (TPSA) is 106 Å². The molecule has 0 bridgehead atoms. The van der Waals surface area contributed by atoms with Crippen molar-refractivity contribution in [3.8, 4) is 5.75 Å². The molecule has 0 fully saturated rings. The van der Waals surface area contributed by atoms with Gasteiger partial charge in [0, 0.05) is 6.20 Å². The molecule has 2 N–H and O–H groups in total. The van der Waals surface area contributed by atoms with Crippen molar-refractivity contribution in [1.82, 2.24) is 4.98 Å². The zero-order chi connectivity index (χ0) is 23.1. The number of nitrogens with zero attached hydrogens (tertiary/aromatic N) is 1. The van der Waals surface area contributed by atoms with E-state index in [0.717, 1.165) is 5.56 Å². The molecule has 3 aromatic rings. The van der Waals surface area contributed by atoms with Gasteiger partial charge in [-0.2, -0.15) is 0 Å². The molecule has 0 atom stereocenters. The second-order valence-corrected chi connectivity index (χ2v) is 9.17. The van der Waals surface area contributed by atoms with E-state index in [1.165, 1.54) is 24.4 Å². The Balaban J connectivity index is 1.72. The van der Waals surface area contributed by atoms with Crippen LogP contribution in [0.2, 0.25) is 0 Å². The second-order valence-electron chi connectivity index (χ2n) is 7.49. The van der Waals surface area contributed by atoms with Gasteiger partial charge >= 0.3 is 5.97 Å². The van der Waals surface area contributed by atoms with Crippen molar-refractivity contribution in [2.24, 2.45) is 5.92 Å². The van der Waals surface area contributed by atoms with Gasteiger partial charge in [-0.25, -0.2) is 18.2 Å². The van der Waals surface area contributed by atoms with Crippen molar-refractivity contribution in [3.05, 3.63) is 83.6 Å². The average Bonchev–Trinajstić information content (AvgIpc) is 2.77. The zero-order valence-corrected chi connectivity index (χ0v) is 18.5. The Kier molecular flexibility index (Phi) is 7.27. The highest BCUT2D eigenvalue weighted by atomic mass is 32.2. The lowest BCUT2D eigenvalue weighted by Gasteiger charge is -2.09. The fraction of sp³-hybridized carbons (Fsp3) is 0.167. The van der Waals surface area contributed by atoms with Crippen molar-refractivity contribution in [1.29, 1.82) is 0 Å². The molecule has 166 valence electrons. The summed E-state index contributed by atoms with van der Waals surface area (Å²) in [5, 5.41) is 9.98. The van der Waals surface area contributed by atoms with Gasteiger partial charge in [0.2, 0.25) is 0 Å². The van der Waals surface area contributed by atoms with Crippen molar-refractivity contribution >= 4 is 34.0 Å². The molecule has 2 aromatic carbocycles. The van der Waals surface area contributed by atoms with Crippen LogP contribution in [0.25, 0.3) is 12.2 Å². The molecular weight excluding hydrogens is 428 g/mol. The highest BCUT2D eigenvalue weighted by Crippen LogP contribution is 2.22. The zero-order valence-electron chi connectivity index (χ0n) is 17.7. The number of pyridine rings is 1. The van der Waals surface area contributed by atoms with E-state index in [1.54, 1.807) is 54.6 Å². The Hall–Kier alpha value is -3.65. The molecule has 7 nitrogen and oxygen atoms in total. The number of hydrogen-bond acceptors (Lipinski definition) is 6. The normalized spacial score (nSPS) is 11.6. The summed E-state index contributed by atoms with van der Waals surface area (Å²) in [6, 6.07) is 15.9. The number of carbonyl (C=O) groups excluding carboxylic acids is 1. The molecule has 0 radical (unpaired) electrons. The van der Waals surface area contributed by atoms with E-state index in [-0.39, 0.29) is 34.6 Å². The van der Waals surface area contributed by atoms with Crippen LogP contribution in [0.4, 0.5) is 5.82 Å². The Labute approximate surface area is 187 Å². The minimum Gasteiger partial charge on any atom is -0.507 e. The van der Waals surface area contributed by atoms with Crippen molar-refractivity contribution in [3.63, 3.8) is 0 Å². The molecule has 0 amide bonds. The number of carbonyl (C=O) groups is 1. The van der Waals surface area contributed by atoms with E-state index in [2.05, 4.69) is 9.71 Å². The quantitative estimate of drug-likeness (QED) is 0.383. The minimum atomic E-state index is -3.74. The predicted octanol–water partition coefficient (Wildman–Crippen LogP) is 4.57. The molecule has 0 unspecified atom stereocenters. The first-order valence-electron chi connectivity index (χ1n) is 9.97. The van der Waals surface area contributed by atoms with E-state index in [0.29, 0.717) is 5.56 Å². The van der Waals surface area contributed by atoms with Crippen LogP contribution in [0.1, 0.15) is 35.3 Å². The molecule has 8 heteroatoms. The predicted molar refractivity (Wildman–Crippen MR) is 124 cm³/mol. The molecule has 0 spiro atoms. The maximum Gasteiger partial charge on any atom is 0.341 e. The third kappa shape index (κ3) is 6.18. The number of hydrogen-bond donors (Lipinski definition) is 2. The first-order chi connectivity index (χ1) is 15.2. The summed E-state index contributed by atoms with van der Waals surface area (Å²) in [4.78, 5) is 16.3. The van der Waals surface area contributed by atoms with Crippen molar-refractivity contribution in [2.45, 2.75) is 18.7 Å². The molecule has 1 heterocycles. The van der Waals surface area contributed by atoms with Crippen LogP contribution < -0.4 is 4.72 Å². The SMILES string of the molecule is CC(C)COC(=O)c1cc(/C=C/c2ccc(S(=O)(=O)Nc3ccccn3)cc2)ccc1O. The first kappa shape index (κ1) is 23.0. The monoisotopic (exact) mass is 452 g/mol. The fourth-order valence-electron chi connectivity index (χ4n) is 2.71. The van der Waals surface area contributed by atoms with Crippen molar-refractivity contribution < 1.29 is 23.1 Å². The molecule has 0 aliphatic carbocycles. The number of benzene rings is 2. The summed E-state index contributed by atoms with van der Waals surface area (Å²) < 4.78 is 32.6. The Morgan fingerprint density at radius 3 is 2.41 bits per heavy atom. The molecule has 0 saturated heterocycles. The first-order valence-corrected chi connectivity index (χ1v) is 11.4. The van der Waals surface area contributed by atoms with Crippen LogP contribution in [0, 0.1) is 5.92 Å². The minimum absolute atomic E-state index is 0.0924. The van der Waals surface area contributed by atoms with Gasteiger partial charge in [0.1, 0.15) is 17.1 Å². The van der Waals surface area contributed by atoms with Gasteiger partial charge in [0.05, 0.1) is 11.5 Å². The lowest BCUT2D eigenvalue weighted by Crippen LogP contribution is -2.13. The third-order valence-electron chi connectivity index (χ3n) is 4.35. The average molecular weight is 453 g/mol. The number of ether oxygens (including phenoxy) is 1. The maximum absolute atomic E-state index is 12.5. The summed E-state index contributed by atoms with van der Waals surface area (Å²) in [6.07, 6.45) is 5.04. The number of nitrogens with one attached hydrogen (secondary N) is 1. The lowest BCUT2D eigenvalue weighted by atomic mass is 10.1. The highest BCUT2D eigenvalue weighted by Gasteiger charge is 2.15. The molecule has 3 rings (SSSR count). The number of aromatic hydroxyl groups is 1. The van der Waals surface area contributed by atoms with Crippen LogP contribution in [-0.4, -0.2) is 31.1 Å². The van der Waals surface area contributed by atoms with E-state index < -0.39 is 16.0 Å². The summed E-state index contributed by atoms with van der Waals surface area (Å²) in [5.41, 5.74) is 1.54. The summed E-state index contributed by atoms with van der Waals surface area (Å²) in [7, 11) is -3.74. The summed E-state index contributed by atoms with van der Waals surface area (Å²) >= 11 is 0. The number of anilines is 1. The van der Waals surface area contributed by atoms with E-state index >= 15 is 0 Å². The van der Waals surface area contributed by atoms with E-state index in [9.17, 15) is 18.3 Å². The van der Waals surface area contributed by atoms with Gasteiger partial charge in [-0.15, -0.1) is 0 Å². The van der Waals surface area contributed by atoms with Crippen LogP contribution >= 0.6 is 0 Å². The smallest absolute Gasteiger partial charge is 0.341 e. The molecular formula is C24H24N2O5S. The summed E-state index contributed by atoms with van der Waals surface area (Å²) in [6.45, 7) is 4.12. The highest BCUT2D eigenvalue weighted by molar-refractivity contribution is 7.92. The Morgan fingerprint density at radius 1 is 1.06 bits per heavy atom. The lowest BCUT2D eigenvalue weighted by molar-refractivity contribution is 0.0455.